The third-order valence-corrected chi connectivity index (χ3v) is 2.49. The molecule has 1 aromatic rings. The van der Waals surface area contributed by atoms with E-state index in [9.17, 15) is 4.79 Å². The fraction of sp³-hybridized carbons (Fsp3) is 0.300. The van der Waals surface area contributed by atoms with Gasteiger partial charge in [-0.05, 0) is 18.6 Å². The number of halogens is 1. The molecule has 0 atom stereocenters. The summed E-state index contributed by atoms with van der Waals surface area (Å²) in [6.07, 6.45) is 0. The summed E-state index contributed by atoms with van der Waals surface area (Å²) in [5.41, 5.74) is 1.98. The molecule has 1 aromatic carbocycles. The van der Waals surface area contributed by atoms with Gasteiger partial charge in [0.15, 0.2) is 0 Å². The number of alkyl halides is 1. The van der Waals surface area contributed by atoms with E-state index < -0.39 is 5.97 Å². The maximum Gasteiger partial charge on any atom is 0.339 e. The number of carboxylic acid groups (broad SMARTS) is 1. The molecule has 4 heteroatoms. The van der Waals surface area contributed by atoms with E-state index in [0.29, 0.717) is 11.1 Å². The highest BCUT2D eigenvalue weighted by Crippen LogP contribution is 2.27. The van der Waals surface area contributed by atoms with Gasteiger partial charge in [-0.15, -0.1) is 0 Å². The van der Waals surface area contributed by atoms with Gasteiger partial charge in [-0.3, -0.25) is 0 Å². The normalized spacial score (nSPS) is 9.93. The van der Waals surface area contributed by atoms with Crippen LogP contribution < -0.4 is 4.74 Å². The summed E-state index contributed by atoms with van der Waals surface area (Å²) in [4.78, 5) is 10.9. The number of ether oxygens (including phenoxy) is 1. The predicted molar refractivity (Wildman–Crippen MR) is 57.3 cm³/mol. The van der Waals surface area contributed by atoms with Crippen molar-refractivity contribution in [3.63, 3.8) is 0 Å². The zero-order chi connectivity index (χ0) is 10.7. The number of carbonyl (C=O) groups is 1. The lowest BCUT2D eigenvalue weighted by atomic mass is 10.1. The third-order valence-electron chi connectivity index (χ3n) is 1.89. The molecule has 1 rings (SSSR count). The second-order valence-corrected chi connectivity index (χ2v) is 3.50. The Labute approximate surface area is 90.8 Å². The molecule has 0 spiro atoms. The number of rotatable bonds is 3. The summed E-state index contributed by atoms with van der Waals surface area (Å²) in [5.74, 6) is -0.535. The van der Waals surface area contributed by atoms with Crippen LogP contribution in [0.2, 0.25) is 0 Å². The first-order valence-electron chi connectivity index (χ1n) is 4.07. The van der Waals surface area contributed by atoms with E-state index in [0.717, 1.165) is 11.1 Å². The molecule has 0 aliphatic rings. The second-order valence-electron chi connectivity index (χ2n) is 2.94. The standard InChI is InChI=1S/C10H11BrO3/c1-6-3-7(5-11)9(14-2)8(4-6)10(12)13/h3-4H,5H2,1-2H3,(H,12,13). The Morgan fingerprint density at radius 3 is 2.64 bits per heavy atom. The zero-order valence-corrected chi connectivity index (χ0v) is 9.59. The highest BCUT2D eigenvalue weighted by molar-refractivity contribution is 9.08. The number of aryl methyl sites for hydroxylation is 1. The van der Waals surface area contributed by atoms with E-state index in [1.54, 1.807) is 6.07 Å². The van der Waals surface area contributed by atoms with Crippen LogP contribution in [0.15, 0.2) is 12.1 Å². The number of benzene rings is 1. The van der Waals surface area contributed by atoms with Crippen molar-refractivity contribution in [1.29, 1.82) is 0 Å². The van der Waals surface area contributed by atoms with Crippen LogP contribution in [0, 0.1) is 6.92 Å². The van der Waals surface area contributed by atoms with Crippen LogP contribution in [0.25, 0.3) is 0 Å². The first kappa shape index (κ1) is 11.0. The van der Waals surface area contributed by atoms with Crippen LogP contribution in [0.5, 0.6) is 5.75 Å². The summed E-state index contributed by atoms with van der Waals surface area (Å²) in [7, 11) is 1.48. The topological polar surface area (TPSA) is 46.5 Å². The van der Waals surface area contributed by atoms with E-state index >= 15 is 0 Å². The lowest BCUT2D eigenvalue weighted by molar-refractivity contribution is 0.0693. The fourth-order valence-corrected chi connectivity index (χ4v) is 1.76. The zero-order valence-electron chi connectivity index (χ0n) is 8.00. The van der Waals surface area contributed by atoms with Gasteiger partial charge < -0.3 is 9.84 Å². The average Bonchev–Trinajstić information content (AvgIpc) is 2.16. The minimum absolute atomic E-state index is 0.210. The van der Waals surface area contributed by atoms with E-state index in [2.05, 4.69) is 15.9 Å². The molecule has 0 aliphatic carbocycles. The molecule has 0 radical (unpaired) electrons. The fourth-order valence-electron chi connectivity index (χ4n) is 1.35. The van der Waals surface area contributed by atoms with E-state index in [1.807, 2.05) is 13.0 Å². The molecule has 0 aromatic heterocycles. The molecule has 0 saturated carbocycles. The van der Waals surface area contributed by atoms with Crippen LogP contribution >= 0.6 is 15.9 Å². The van der Waals surface area contributed by atoms with Crippen LogP contribution in [0.3, 0.4) is 0 Å². The van der Waals surface area contributed by atoms with Crippen molar-refractivity contribution < 1.29 is 14.6 Å². The summed E-state index contributed by atoms with van der Waals surface area (Å²) >= 11 is 3.29. The number of hydrogen-bond acceptors (Lipinski definition) is 2. The molecule has 0 aliphatic heterocycles. The SMILES string of the molecule is COc1c(CBr)cc(C)cc1C(=O)O. The highest BCUT2D eigenvalue weighted by Gasteiger charge is 2.14. The summed E-state index contributed by atoms with van der Waals surface area (Å²) in [5, 5.41) is 9.53. The summed E-state index contributed by atoms with van der Waals surface area (Å²) < 4.78 is 5.07. The van der Waals surface area contributed by atoms with Gasteiger partial charge in [0, 0.05) is 10.9 Å². The highest BCUT2D eigenvalue weighted by atomic mass is 79.9. The molecule has 0 heterocycles. The lowest BCUT2D eigenvalue weighted by Crippen LogP contribution is -2.03. The maximum absolute atomic E-state index is 10.9. The maximum atomic E-state index is 10.9. The quantitative estimate of drug-likeness (QED) is 0.848. The number of hydrogen-bond donors (Lipinski definition) is 1. The Morgan fingerprint density at radius 1 is 1.57 bits per heavy atom. The number of methoxy groups -OCH3 is 1. The van der Waals surface area contributed by atoms with Gasteiger partial charge >= 0.3 is 5.97 Å². The average molecular weight is 259 g/mol. The largest absolute Gasteiger partial charge is 0.496 e. The van der Waals surface area contributed by atoms with Gasteiger partial charge in [0.2, 0.25) is 0 Å². The molecule has 0 unspecified atom stereocenters. The van der Waals surface area contributed by atoms with Gasteiger partial charge in [0.25, 0.3) is 0 Å². The minimum Gasteiger partial charge on any atom is -0.496 e. The van der Waals surface area contributed by atoms with Crippen LogP contribution in [0.4, 0.5) is 0 Å². The van der Waals surface area contributed by atoms with Crippen molar-refractivity contribution in [1.82, 2.24) is 0 Å². The third kappa shape index (κ3) is 2.07. The molecule has 14 heavy (non-hydrogen) atoms. The van der Waals surface area contributed by atoms with Crippen molar-refractivity contribution in [2.75, 3.05) is 7.11 Å². The Morgan fingerprint density at radius 2 is 2.21 bits per heavy atom. The molecule has 3 nitrogen and oxygen atoms in total. The smallest absolute Gasteiger partial charge is 0.339 e. The van der Waals surface area contributed by atoms with E-state index in [4.69, 9.17) is 9.84 Å². The van der Waals surface area contributed by atoms with Crippen molar-refractivity contribution in [3.8, 4) is 5.75 Å². The summed E-state index contributed by atoms with van der Waals surface area (Å²) in [6, 6.07) is 3.51. The van der Waals surface area contributed by atoms with Crippen LogP contribution in [-0.2, 0) is 5.33 Å². The minimum atomic E-state index is -0.965. The van der Waals surface area contributed by atoms with Crippen LogP contribution in [-0.4, -0.2) is 18.2 Å². The molecule has 0 bridgehead atoms. The van der Waals surface area contributed by atoms with Gasteiger partial charge in [-0.1, -0.05) is 22.0 Å². The van der Waals surface area contributed by atoms with Crippen LogP contribution in [0.1, 0.15) is 21.5 Å². The second kappa shape index (κ2) is 4.46. The Kier molecular flexibility index (Phi) is 3.52. The number of aromatic carboxylic acids is 1. The van der Waals surface area contributed by atoms with Gasteiger partial charge in [-0.25, -0.2) is 4.79 Å². The first-order chi connectivity index (χ1) is 6.60. The van der Waals surface area contributed by atoms with E-state index in [1.165, 1.54) is 7.11 Å². The Bertz CT molecular complexity index is 361. The van der Waals surface area contributed by atoms with Crippen molar-refractivity contribution in [3.05, 3.63) is 28.8 Å². The van der Waals surface area contributed by atoms with Gasteiger partial charge in [0.05, 0.1) is 7.11 Å². The van der Waals surface area contributed by atoms with Crippen molar-refractivity contribution in [2.24, 2.45) is 0 Å². The molecule has 0 fully saturated rings. The molecule has 0 saturated heterocycles. The molecule has 0 amide bonds. The molecule has 76 valence electrons. The van der Waals surface area contributed by atoms with Gasteiger partial charge in [0.1, 0.15) is 11.3 Å². The lowest BCUT2D eigenvalue weighted by Gasteiger charge is -2.10. The van der Waals surface area contributed by atoms with Crippen molar-refractivity contribution >= 4 is 21.9 Å². The Hall–Kier alpha value is -1.03. The molecule has 1 N–H and O–H groups in total. The van der Waals surface area contributed by atoms with Crippen molar-refractivity contribution in [2.45, 2.75) is 12.3 Å². The Balaban J connectivity index is 3.39. The van der Waals surface area contributed by atoms with E-state index in [-0.39, 0.29) is 5.56 Å². The number of carboxylic acids is 1. The van der Waals surface area contributed by atoms with Gasteiger partial charge in [-0.2, -0.15) is 0 Å². The monoisotopic (exact) mass is 258 g/mol. The molecular weight excluding hydrogens is 248 g/mol. The predicted octanol–water partition coefficient (Wildman–Crippen LogP) is 2.60. The first-order valence-corrected chi connectivity index (χ1v) is 5.19. The molecular formula is C10H11BrO3. The summed E-state index contributed by atoms with van der Waals surface area (Å²) in [6.45, 7) is 1.86.